The van der Waals surface area contributed by atoms with E-state index in [1.54, 1.807) is 0 Å². The second-order valence-corrected chi connectivity index (χ2v) is 10.3. The molecule has 1 unspecified atom stereocenters. The van der Waals surface area contributed by atoms with Crippen molar-refractivity contribution in [1.29, 1.82) is 0 Å². The first-order chi connectivity index (χ1) is 17.4. The first kappa shape index (κ1) is 25.6. The van der Waals surface area contributed by atoms with E-state index in [0.717, 1.165) is 44.0 Å². The van der Waals surface area contributed by atoms with Gasteiger partial charge in [0.1, 0.15) is 5.84 Å². The molecule has 1 fully saturated rings. The third kappa shape index (κ3) is 6.80. The minimum atomic E-state index is -1.08. The van der Waals surface area contributed by atoms with Gasteiger partial charge in [0.05, 0.1) is 18.5 Å². The van der Waals surface area contributed by atoms with E-state index >= 15 is 0 Å². The molecule has 36 heavy (non-hydrogen) atoms. The first-order valence-electron chi connectivity index (χ1n) is 12.1. The van der Waals surface area contributed by atoms with Gasteiger partial charge in [0.2, 0.25) is 0 Å². The fourth-order valence-corrected chi connectivity index (χ4v) is 5.56. The zero-order valence-electron chi connectivity index (χ0n) is 20.3. The SMILES string of the molecule is Cc1cc2c(s1)Cc1ccccc1N=C2N1CCNC(Cc2ccccc2)C1.O=C(O)CCC(=O)O. The maximum atomic E-state index is 9.64. The van der Waals surface area contributed by atoms with E-state index in [1.807, 2.05) is 11.3 Å². The van der Waals surface area contributed by atoms with Gasteiger partial charge in [0, 0.05) is 47.4 Å². The molecule has 2 aliphatic heterocycles. The summed E-state index contributed by atoms with van der Waals surface area (Å²) in [5, 5.41) is 19.5. The number of aliphatic imine (C=N–C) groups is 1. The van der Waals surface area contributed by atoms with Crippen LogP contribution in [0.15, 0.2) is 65.7 Å². The molecule has 0 saturated carbocycles. The largest absolute Gasteiger partial charge is 0.481 e. The molecule has 188 valence electrons. The normalized spacial score (nSPS) is 16.5. The summed E-state index contributed by atoms with van der Waals surface area (Å²) in [7, 11) is 0. The van der Waals surface area contributed by atoms with Gasteiger partial charge >= 0.3 is 11.9 Å². The van der Waals surface area contributed by atoms with Crippen LogP contribution in [0.25, 0.3) is 0 Å². The number of thiophene rings is 1. The molecular weight excluding hydrogens is 474 g/mol. The Morgan fingerprint density at radius 2 is 1.75 bits per heavy atom. The Morgan fingerprint density at radius 1 is 1.06 bits per heavy atom. The van der Waals surface area contributed by atoms with Crippen LogP contribution in [0.2, 0.25) is 0 Å². The van der Waals surface area contributed by atoms with E-state index in [-0.39, 0.29) is 12.8 Å². The number of nitrogens with one attached hydrogen (secondary N) is 1. The van der Waals surface area contributed by atoms with Crippen molar-refractivity contribution in [3.8, 4) is 0 Å². The second kappa shape index (κ2) is 12.0. The van der Waals surface area contributed by atoms with Crippen LogP contribution in [-0.2, 0) is 22.4 Å². The molecule has 3 N–H and O–H groups in total. The van der Waals surface area contributed by atoms with Gasteiger partial charge in [-0.1, -0.05) is 48.5 Å². The summed E-state index contributed by atoms with van der Waals surface area (Å²) in [6.45, 7) is 5.19. The van der Waals surface area contributed by atoms with Crippen molar-refractivity contribution in [3.05, 3.63) is 87.1 Å². The van der Waals surface area contributed by atoms with E-state index < -0.39 is 11.9 Å². The Labute approximate surface area is 215 Å². The molecule has 3 aromatic rings. The molecule has 0 spiro atoms. The number of amidine groups is 1. The van der Waals surface area contributed by atoms with Gasteiger partial charge in [0.25, 0.3) is 0 Å². The molecule has 2 aliphatic rings. The van der Waals surface area contributed by atoms with Crippen molar-refractivity contribution in [2.24, 2.45) is 4.99 Å². The second-order valence-electron chi connectivity index (χ2n) is 9.01. The van der Waals surface area contributed by atoms with Gasteiger partial charge in [-0.05, 0) is 36.6 Å². The lowest BCUT2D eigenvalue weighted by Gasteiger charge is -2.36. The number of hydrogen-bond donors (Lipinski definition) is 3. The highest BCUT2D eigenvalue weighted by Gasteiger charge is 2.27. The highest BCUT2D eigenvalue weighted by Crippen LogP contribution is 2.34. The van der Waals surface area contributed by atoms with Crippen LogP contribution in [0.1, 0.15) is 39.3 Å². The van der Waals surface area contributed by atoms with Crippen LogP contribution in [0, 0.1) is 6.92 Å². The maximum absolute atomic E-state index is 9.64. The summed E-state index contributed by atoms with van der Waals surface area (Å²) < 4.78 is 0. The van der Waals surface area contributed by atoms with Gasteiger partial charge < -0.3 is 20.4 Å². The predicted molar refractivity (Wildman–Crippen MR) is 143 cm³/mol. The molecule has 0 bridgehead atoms. The van der Waals surface area contributed by atoms with Crippen molar-refractivity contribution in [1.82, 2.24) is 10.2 Å². The molecule has 1 atom stereocenters. The van der Waals surface area contributed by atoms with Gasteiger partial charge in [-0.2, -0.15) is 0 Å². The van der Waals surface area contributed by atoms with E-state index in [1.165, 1.54) is 26.4 Å². The van der Waals surface area contributed by atoms with Gasteiger partial charge in [0.15, 0.2) is 0 Å². The minimum absolute atomic E-state index is 0.296. The quantitative estimate of drug-likeness (QED) is 0.472. The number of para-hydroxylation sites is 1. The van der Waals surface area contributed by atoms with Crippen LogP contribution in [0.5, 0.6) is 0 Å². The fourth-order valence-electron chi connectivity index (χ4n) is 4.51. The molecule has 0 amide bonds. The Balaban J connectivity index is 0.000000331. The van der Waals surface area contributed by atoms with Gasteiger partial charge in [-0.15, -0.1) is 11.3 Å². The van der Waals surface area contributed by atoms with E-state index in [4.69, 9.17) is 15.2 Å². The minimum Gasteiger partial charge on any atom is -0.481 e. The lowest BCUT2D eigenvalue weighted by atomic mass is 10.0. The summed E-state index contributed by atoms with van der Waals surface area (Å²) in [4.78, 5) is 29.8. The van der Waals surface area contributed by atoms with Gasteiger partial charge in [-0.25, -0.2) is 4.99 Å². The van der Waals surface area contributed by atoms with Crippen molar-refractivity contribution in [2.45, 2.75) is 38.6 Å². The van der Waals surface area contributed by atoms with Crippen molar-refractivity contribution < 1.29 is 19.8 Å². The highest BCUT2D eigenvalue weighted by atomic mass is 32.1. The molecule has 3 heterocycles. The molecule has 5 rings (SSSR count). The average Bonchev–Trinajstić information content (AvgIpc) is 3.15. The Morgan fingerprint density at radius 3 is 2.47 bits per heavy atom. The molecule has 8 heteroatoms. The lowest BCUT2D eigenvalue weighted by Crippen LogP contribution is -2.53. The van der Waals surface area contributed by atoms with Crippen LogP contribution in [0.4, 0.5) is 5.69 Å². The van der Waals surface area contributed by atoms with Crippen LogP contribution in [0.3, 0.4) is 0 Å². The molecule has 7 nitrogen and oxygen atoms in total. The Bertz CT molecular complexity index is 1220. The molecule has 1 saturated heterocycles. The topological polar surface area (TPSA) is 102 Å². The summed E-state index contributed by atoms with van der Waals surface area (Å²) >= 11 is 1.92. The third-order valence-electron chi connectivity index (χ3n) is 6.17. The fraction of sp³-hybridized carbons (Fsp3) is 0.321. The highest BCUT2D eigenvalue weighted by molar-refractivity contribution is 7.12. The molecule has 0 aliphatic carbocycles. The van der Waals surface area contributed by atoms with E-state index in [0.29, 0.717) is 6.04 Å². The number of aryl methyl sites for hydroxylation is 1. The number of rotatable bonds is 5. The van der Waals surface area contributed by atoms with Crippen molar-refractivity contribution in [2.75, 3.05) is 19.6 Å². The predicted octanol–water partition coefficient (Wildman–Crippen LogP) is 4.49. The smallest absolute Gasteiger partial charge is 0.303 e. The number of nitrogens with zero attached hydrogens (tertiary/aromatic N) is 2. The summed E-state index contributed by atoms with van der Waals surface area (Å²) in [5.74, 6) is -0.997. The number of carboxylic acid groups (broad SMARTS) is 2. The average molecular weight is 506 g/mol. The summed E-state index contributed by atoms with van der Waals surface area (Å²) in [6, 6.07) is 22.2. The molecular formula is C28H31N3O4S. The Kier molecular flexibility index (Phi) is 8.51. The zero-order valence-corrected chi connectivity index (χ0v) is 21.1. The number of piperazine rings is 1. The van der Waals surface area contributed by atoms with E-state index in [9.17, 15) is 9.59 Å². The number of carboxylic acids is 2. The van der Waals surface area contributed by atoms with Crippen LogP contribution >= 0.6 is 11.3 Å². The first-order valence-corrected chi connectivity index (χ1v) is 12.9. The van der Waals surface area contributed by atoms with Crippen LogP contribution in [-0.4, -0.2) is 58.6 Å². The number of benzene rings is 2. The number of fused-ring (bicyclic) bond motifs is 2. The van der Waals surface area contributed by atoms with Crippen LogP contribution < -0.4 is 5.32 Å². The maximum Gasteiger partial charge on any atom is 0.303 e. The van der Waals surface area contributed by atoms with Crippen molar-refractivity contribution in [3.63, 3.8) is 0 Å². The van der Waals surface area contributed by atoms with Crippen molar-refractivity contribution >= 4 is 34.8 Å². The molecule has 1 aromatic heterocycles. The standard InChI is InChI=1S/C24H25N3S.C4H6O4/c1-17-13-21-23(28-17)15-19-9-5-6-10-22(19)26-24(21)27-12-11-25-20(16-27)14-18-7-3-2-4-8-18;5-3(6)1-2-4(7)8/h2-10,13,20,25H,11-12,14-16H2,1H3;1-2H2,(H,5,6)(H,7,8). The zero-order chi connectivity index (χ0) is 25.5. The number of hydrogen-bond acceptors (Lipinski definition) is 6. The summed E-state index contributed by atoms with van der Waals surface area (Å²) in [6.07, 6.45) is 1.44. The number of aliphatic carboxylic acids is 2. The Hall–Kier alpha value is -3.49. The lowest BCUT2D eigenvalue weighted by molar-refractivity contribution is -0.143. The molecule has 0 radical (unpaired) electrons. The third-order valence-corrected chi connectivity index (χ3v) is 7.23. The van der Waals surface area contributed by atoms with E-state index in [2.05, 4.69) is 77.8 Å². The molecule has 2 aromatic carbocycles. The van der Waals surface area contributed by atoms with Gasteiger partial charge in [-0.3, -0.25) is 9.59 Å². The summed E-state index contributed by atoms with van der Waals surface area (Å²) in [5.41, 5.74) is 5.18. The number of carbonyl (C=O) groups is 2. The monoisotopic (exact) mass is 505 g/mol.